The second-order valence-electron chi connectivity index (χ2n) is 4.06. The van der Waals surface area contributed by atoms with Crippen LogP contribution in [0.25, 0.3) is 0 Å². The Morgan fingerprint density at radius 2 is 0.556 bits per heavy atom. The van der Waals surface area contributed by atoms with E-state index in [2.05, 4.69) is 118 Å². The molecule has 5 heteroatoms. The van der Waals surface area contributed by atoms with Gasteiger partial charge in [0.1, 0.15) is 0 Å². The van der Waals surface area contributed by atoms with Gasteiger partial charge in [-0.2, -0.15) is 0 Å². The van der Waals surface area contributed by atoms with Gasteiger partial charge in [-0.25, -0.2) is 0 Å². The van der Waals surface area contributed by atoms with Crippen molar-refractivity contribution < 1.29 is 32.8 Å². The molecule has 27 heavy (non-hydrogen) atoms. The van der Waals surface area contributed by atoms with Crippen LogP contribution in [-0.4, -0.2) is 27.2 Å². The van der Waals surface area contributed by atoms with Gasteiger partial charge in [-0.05, 0) is 0 Å². The summed E-state index contributed by atoms with van der Waals surface area (Å²) in [4.78, 5) is 30.0. The summed E-state index contributed by atoms with van der Waals surface area (Å²) >= 11 is -0.419. The summed E-state index contributed by atoms with van der Waals surface area (Å²) in [5.41, 5.74) is 0. The first kappa shape index (κ1) is 26.1. The summed E-state index contributed by atoms with van der Waals surface area (Å²) in [7, 11) is 0. The molecule has 3 rings (SSSR count). The molecular formula is C22H15CoO4. The number of benzene rings is 3. The van der Waals surface area contributed by atoms with E-state index in [-0.39, 0.29) is 0 Å². The van der Waals surface area contributed by atoms with Crippen LogP contribution in [0, 0.1) is 0 Å². The molecule has 0 aliphatic heterocycles. The van der Waals surface area contributed by atoms with Gasteiger partial charge in [0.05, 0.1) is 0 Å². The van der Waals surface area contributed by atoms with E-state index in [0.29, 0.717) is 0 Å². The van der Waals surface area contributed by atoms with Crippen molar-refractivity contribution in [3.8, 4) is 0 Å². The molecule has 0 unspecified atom stereocenters. The summed E-state index contributed by atoms with van der Waals surface area (Å²) in [5.74, 6) is 0. The Morgan fingerprint density at radius 1 is 0.370 bits per heavy atom. The molecule has 0 saturated heterocycles. The molecule has 8 radical (unpaired) electrons. The van der Waals surface area contributed by atoms with Crippen LogP contribution >= 0.6 is 0 Å². The van der Waals surface area contributed by atoms with Gasteiger partial charge in [0.25, 0.3) is 27.2 Å². The molecule has 0 aromatic heterocycles. The Hall–Kier alpha value is -3.15. The molecule has 4 nitrogen and oxygen atoms in total. The number of carbonyl (C=O) groups excluding carboxylic acids is 4. The van der Waals surface area contributed by atoms with Gasteiger partial charge in [0, 0.05) is 0 Å². The quantitative estimate of drug-likeness (QED) is 0.656. The molecule has 0 amide bonds. The fraction of sp³-hybridized carbons (Fsp3) is 0. The monoisotopic (exact) mass is 402 g/mol. The summed E-state index contributed by atoms with van der Waals surface area (Å²) in [6, 6.07) is 32.3. The standard InChI is InChI=1S/3C6H5.4CO.Co/c3*1-2-4-6-5-3-1;4*1-2;/h3*1-5H;;;;;. The van der Waals surface area contributed by atoms with E-state index in [0.717, 1.165) is 0 Å². The third-order valence-corrected chi connectivity index (χ3v) is 5.58. The molecule has 0 spiro atoms. The van der Waals surface area contributed by atoms with Gasteiger partial charge in [-0.15, -0.1) is 0 Å². The molecule has 0 aliphatic carbocycles. The van der Waals surface area contributed by atoms with E-state index < -0.39 is 13.7 Å². The molecule has 0 bridgehead atoms. The fourth-order valence-electron chi connectivity index (χ4n) is 1.88. The van der Waals surface area contributed by atoms with E-state index >= 15 is 0 Å². The normalized spacial score (nSPS) is 8.37. The van der Waals surface area contributed by atoms with Crippen molar-refractivity contribution in [2.75, 3.05) is 0 Å². The van der Waals surface area contributed by atoms with Crippen LogP contribution in [-0.2, 0) is 32.8 Å². The van der Waals surface area contributed by atoms with Crippen LogP contribution in [0.15, 0.2) is 91.0 Å². The molecule has 3 aromatic rings. The van der Waals surface area contributed by atoms with Crippen LogP contribution in [0.5, 0.6) is 0 Å². The van der Waals surface area contributed by atoms with Gasteiger partial charge in [0.2, 0.25) is 0 Å². The Bertz CT molecular complexity index is 591. The summed E-state index contributed by atoms with van der Waals surface area (Å²) in [6.45, 7) is 18.0. The van der Waals surface area contributed by atoms with Crippen molar-refractivity contribution in [3.05, 3.63) is 91.0 Å². The topological polar surface area (TPSA) is 68.3 Å². The first-order chi connectivity index (χ1) is 13.4. The maximum atomic E-state index is 7.50. The average Bonchev–Trinajstić information content (AvgIpc) is 2.82. The molecule has 0 heterocycles. The zero-order valence-corrected chi connectivity index (χ0v) is 15.2. The Kier molecular flexibility index (Phi) is 18.5. The van der Waals surface area contributed by atoms with E-state index in [9.17, 15) is 0 Å². The third kappa shape index (κ3) is 9.20. The zero-order chi connectivity index (χ0) is 20.9. The van der Waals surface area contributed by atoms with Crippen LogP contribution < -0.4 is 13.5 Å². The predicted octanol–water partition coefficient (Wildman–Crippen LogP) is 0.993. The second-order valence-corrected chi connectivity index (χ2v) is 6.64. The summed E-state index contributed by atoms with van der Waals surface area (Å²) < 4.78 is 4.19. The van der Waals surface area contributed by atoms with Gasteiger partial charge >= 0.3 is 118 Å². The number of hydrogen-bond acceptors (Lipinski definition) is 4. The Balaban J connectivity index is 0. The number of hydrogen-bond donors (Lipinski definition) is 0. The first-order valence-corrected chi connectivity index (χ1v) is 8.61. The summed E-state index contributed by atoms with van der Waals surface area (Å²) in [6.07, 6.45) is 0. The minimum absolute atomic E-state index is 0.419. The van der Waals surface area contributed by atoms with Gasteiger partial charge < -0.3 is 0 Å². The van der Waals surface area contributed by atoms with Crippen LogP contribution in [0.4, 0.5) is 0 Å². The van der Waals surface area contributed by atoms with Crippen molar-refractivity contribution >= 4 is 40.6 Å². The van der Waals surface area contributed by atoms with Crippen LogP contribution in [0.1, 0.15) is 0 Å². The van der Waals surface area contributed by atoms with E-state index in [1.807, 2.05) is 0 Å². The van der Waals surface area contributed by atoms with Crippen molar-refractivity contribution in [1.82, 2.24) is 0 Å². The summed E-state index contributed by atoms with van der Waals surface area (Å²) in [5, 5.41) is 0. The molecule has 0 aliphatic rings. The Morgan fingerprint density at radius 3 is 0.741 bits per heavy atom. The maximum absolute atomic E-state index is 7.50. The minimum atomic E-state index is -0.419. The van der Waals surface area contributed by atoms with Crippen molar-refractivity contribution in [3.63, 3.8) is 0 Å². The van der Waals surface area contributed by atoms with Gasteiger partial charge in [-0.1, -0.05) is 0 Å². The second kappa shape index (κ2) is 19.2. The van der Waals surface area contributed by atoms with E-state index in [1.165, 1.54) is 13.5 Å². The fourth-order valence-corrected chi connectivity index (χ4v) is 4.57. The van der Waals surface area contributed by atoms with Gasteiger partial charge in [0.15, 0.2) is 0 Å². The Labute approximate surface area is 164 Å². The molecule has 0 fully saturated rings. The van der Waals surface area contributed by atoms with Crippen molar-refractivity contribution in [2.45, 2.75) is 0 Å². The zero-order valence-electron chi connectivity index (χ0n) is 14.1. The van der Waals surface area contributed by atoms with Crippen LogP contribution in [0.3, 0.4) is 0 Å². The molecule has 136 valence electrons. The molecule has 0 N–H and O–H groups in total. The van der Waals surface area contributed by atoms with Gasteiger partial charge in [-0.3, -0.25) is 19.2 Å². The molecule has 0 atom stereocenters. The molecule has 3 aromatic carbocycles. The average molecular weight is 402 g/mol. The first-order valence-electron chi connectivity index (χ1n) is 7.05. The van der Waals surface area contributed by atoms with Crippen LogP contribution in [0.2, 0.25) is 0 Å². The molecule has 0 saturated carbocycles. The predicted molar refractivity (Wildman–Crippen MR) is 101 cm³/mol. The van der Waals surface area contributed by atoms with Crippen molar-refractivity contribution in [2.24, 2.45) is 0 Å². The van der Waals surface area contributed by atoms with E-state index in [4.69, 9.17) is 19.2 Å². The van der Waals surface area contributed by atoms with E-state index in [1.54, 1.807) is 0 Å². The third-order valence-electron chi connectivity index (χ3n) is 2.73. The SMILES string of the molecule is [C]=O.[C]=O.[C]=O.[C]=O.c1cc[c]([Co]([c]2ccccc2)[c]2ccccc2)cc1. The van der Waals surface area contributed by atoms with Crippen molar-refractivity contribution in [1.29, 1.82) is 0 Å². The number of rotatable bonds is 3. The molecular weight excluding hydrogens is 387 g/mol.